The van der Waals surface area contributed by atoms with Crippen molar-refractivity contribution in [2.24, 2.45) is 0 Å². The normalized spacial score (nSPS) is 9.95. The van der Waals surface area contributed by atoms with Gasteiger partial charge in [0.2, 0.25) is 0 Å². The number of ether oxygens (including phenoxy) is 1. The molecule has 0 radical (unpaired) electrons. The zero-order chi connectivity index (χ0) is 15.4. The van der Waals surface area contributed by atoms with E-state index < -0.39 is 5.56 Å². The van der Waals surface area contributed by atoms with Gasteiger partial charge in [0.1, 0.15) is 23.1 Å². The van der Waals surface area contributed by atoms with Gasteiger partial charge in [0.25, 0.3) is 5.56 Å². The summed E-state index contributed by atoms with van der Waals surface area (Å²) in [6, 6.07) is 18.4. The lowest BCUT2D eigenvalue weighted by atomic mass is 10.1. The predicted molar refractivity (Wildman–Crippen MR) is 81.5 cm³/mol. The van der Waals surface area contributed by atoms with Crippen LogP contribution in [0.15, 0.2) is 65.7 Å². The number of rotatable bonds is 3. The fraction of sp³-hybridized carbons (Fsp3) is 0. The molecule has 2 aromatic carbocycles. The first-order chi connectivity index (χ1) is 10.8. The molecule has 5 nitrogen and oxygen atoms in total. The highest BCUT2D eigenvalue weighted by Crippen LogP contribution is 2.26. The first-order valence-electron chi connectivity index (χ1n) is 6.59. The van der Waals surface area contributed by atoms with Gasteiger partial charge in [-0.05, 0) is 24.3 Å². The van der Waals surface area contributed by atoms with Crippen molar-refractivity contribution in [1.29, 1.82) is 5.26 Å². The predicted octanol–water partition coefficient (Wildman–Crippen LogP) is 3.10. The molecule has 5 heteroatoms. The molecule has 22 heavy (non-hydrogen) atoms. The fourth-order valence-electron chi connectivity index (χ4n) is 2.05. The Labute approximate surface area is 126 Å². The quantitative estimate of drug-likeness (QED) is 0.803. The van der Waals surface area contributed by atoms with E-state index in [4.69, 9.17) is 10.00 Å². The van der Waals surface area contributed by atoms with Crippen LogP contribution in [0.5, 0.6) is 11.5 Å². The molecule has 0 bridgehead atoms. The Kier molecular flexibility index (Phi) is 3.67. The van der Waals surface area contributed by atoms with E-state index >= 15 is 0 Å². The first-order valence-corrected chi connectivity index (χ1v) is 6.59. The summed E-state index contributed by atoms with van der Waals surface area (Å²) < 4.78 is 5.75. The second-order valence-electron chi connectivity index (χ2n) is 4.51. The summed E-state index contributed by atoms with van der Waals surface area (Å²) in [5, 5.41) is 9.12. The summed E-state index contributed by atoms with van der Waals surface area (Å²) in [5.74, 6) is 1.31. The van der Waals surface area contributed by atoms with Gasteiger partial charge in [-0.3, -0.25) is 4.79 Å². The average Bonchev–Trinajstić information content (AvgIpc) is 2.56. The van der Waals surface area contributed by atoms with Crippen molar-refractivity contribution < 1.29 is 4.74 Å². The molecule has 0 aliphatic rings. The van der Waals surface area contributed by atoms with E-state index in [0.29, 0.717) is 22.8 Å². The van der Waals surface area contributed by atoms with Crippen molar-refractivity contribution in [3.63, 3.8) is 0 Å². The van der Waals surface area contributed by atoms with Crippen molar-refractivity contribution in [3.8, 4) is 28.8 Å². The Bertz CT molecular complexity index is 896. The Morgan fingerprint density at radius 3 is 2.59 bits per heavy atom. The molecule has 0 fully saturated rings. The van der Waals surface area contributed by atoms with Gasteiger partial charge < -0.3 is 9.72 Å². The number of para-hydroxylation sites is 1. The van der Waals surface area contributed by atoms with Gasteiger partial charge in [0.05, 0.1) is 12.0 Å². The van der Waals surface area contributed by atoms with Gasteiger partial charge >= 0.3 is 0 Å². The molecule has 0 aliphatic carbocycles. The summed E-state index contributed by atoms with van der Waals surface area (Å²) in [6.45, 7) is 0. The van der Waals surface area contributed by atoms with Gasteiger partial charge in [-0.2, -0.15) is 5.26 Å². The summed E-state index contributed by atoms with van der Waals surface area (Å²) in [5.41, 5.74) is 0.516. The number of aromatic amines is 1. The lowest BCUT2D eigenvalue weighted by Gasteiger charge is -2.07. The van der Waals surface area contributed by atoms with Crippen molar-refractivity contribution in [1.82, 2.24) is 9.97 Å². The van der Waals surface area contributed by atoms with Crippen LogP contribution < -0.4 is 10.3 Å². The Morgan fingerprint density at radius 1 is 1.05 bits per heavy atom. The minimum Gasteiger partial charge on any atom is -0.457 e. The Hall–Kier alpha value is -3.39. The molecule has 0 saturated heterocycles. The second-order valence-corrected chi connectivity index (χ2v) is 4.51. The standard InChI is InChI=1S/C17H11N3O2/c18-10-15-16(19-11-20-17(15)21)12-5-4-8-14(9-12)22-13-6-2-1-3-7-13/h1-9,11H,(H,19,20,21). The van der Waals surface area contributed by atoms with Crippen molar-refractivity contribution in [2.75, 3.05) is 0 Å². The van der Waals surface area contributed by atoms with Crippen molar-refractivity contribution in [2.45, 2.75) is 0 Å². The third-order valence-electron chi connectivity index (χ3n) is 3.05. The van der Waals surface area contributed by atoms with Gasteiger partial charge in [-0.15, -0.1) is 0 Å². The number of hydrogen-bond acceptors (Lipinski definition) is 4. The topological polar surface area (TPSA) is 78.8 Å². The highest BCUT2D eigenvalue weighted by atomic mass is 16.5. The van der Waals surface area contributed by atoms with Crippen molar-refractivity contribution in [3.05, 3.63) is 76.8 Å². The minimum absolute atomic E-state index is 0.0145. The van der Waals surface area contributed by atoms with Crippen LogP contribution >= 0.6 is 0 Å². The number of benzene rings is 2. The van der Waals surface area contributed by atoms with Crippen molar-refractivity contribution >= 4 is 0 Å². The van der Waals surface area contributed by atoms with E-state index in [2.05, 4.69) is 9.97 Å². The summed E-state index contributed by atoms with van der Waals surface area (Å²) in [4.78, 5) is 18.2. The molecule has 3 aromatic rings. The number of aromatic nitrogens is 2. The van der Waals surface area contributed by atoms with Gasteiger partial charge in [-0.1, -0.05) is 30.3 Å². The van der Waals surface area contributed by atoms with Crippen LogP contribution in [0, 0.1) is 11.3 Å². The highest BCUT2D eigenvalue weighted by molar-refractivity contribution is 5.67. The first kappa shape index (κ1) is 13.6. The molecule has 0 atom stereocenters. The zero-order valence-electron chi connectivity index (χ0n) is 11.5. The molecule has 3 rings (SSSR count). The number of nitrogens with zero attached hydrogens (tertiary/aromatic N) is 2. The SMILES string of the molecule is N#Cc1c(-c2cccc(Oc3ccccc3)c2)nc[nH]c1=O. The molecular formula is C17H11N3O2. The maximum absolute atomic E-state index is 11.7. The number of H-pyrrole nitrogens is 1. The van der Waals surface area contributed by atoms with E-state index in [1.807, 2.05) is 36.4 Å². The number of hydrogen-bond donors (Lipinski definition) is 1. The molecule has 1 heterocycles. The largest absolute Gasteiger partial charge is 0.457 e. The maximum Gasteiger partial charge on any atom is 0.269 e. The van der Waals surface area contributed by atoms with Crippen LogP contribution in [-0.4, -0.2) is 9.97 Å². The maximum atomic E-state index is 11.7. The molecule has 0 aliphatic heterocycles. The Morgan fingerprint density at radius 2 is 1.82 bits per heavy atom. The molecule has 106 valence electrons. The molecule has 0 saturated carbocycles. The monoisotopic (exact) mass is 289 g/mol. The summed E-state index contributed by atoms with van der Waals surface area (Å²) in [7, 11) is 0. The second kappa shape index (κ2) is 5.94. The molecule has 1 N–H and O–H groups in total. The number of nitriles is 1. The van der Waals surface area contributed by atoms with Crippen LogP contribution in [0.4, 0.5) is 0 Å². The summed E-state index contributed by atoms with van der Waals surface area (Å²) >= 11 is 0. The lowest BCUT2D eigenvalue weighted by molar-refractivity contribution is 0.483. The third kappa shape index (κ3) is 2.72. The fourth-order valence-corrected chi connectivity index (χ4v) is 2.05. The Balaban J connectivity index is 2.01. The molecule has 0 spiro atoms. The highest BCUT2D eigenvalue weighted by Gasteiger charge is 2.11. The van der Waals surface area contributed by atoms with E-state index in [-0.39, 0.29) is 5.56 Å². The van der Waals surface area contributed by atoms with Crippen LogP contribution in [-0.2, 0) is 0 Å². The molecular weight excluding hydrogens is 278 g/mol. The van der Waals surface area contributed by atoms with E-state index in [1.165, 1.54) is 6.33 Å². The molecule has 1 aromatic heterocycles. The average molecular weight is 289 g/mol. The van der Waals surface area contributed by atoms with Crippen LogP contribution in [0.1, 0.15) is 5.56 Å². The zero-order valence-corrected chi connectivity index (χ0v) is 11.5. The van der Waals surface area contributed by atoms with Crippen LogP contribution in [0.2, 0.25) is 0 Å². The van der Waals surface area contributed by atoms with Crippen LogP contribution in [0.3, 0.4) is 0 Å². The molecule has 0 amide bonds. The number of nitrogens with one attached hydrogen (secondary N) is 1. The molecule has 0 unspecified atom stereocenters. The van der Waals surface area contributed by atoms with E-state index in [9.17, 15) is 4.79 Å². The van der Waals surface area contributed by atoms with E-state index in [0.717, 1.165) is 0 Å². The van der Waals surface area contributed by atoms with Gasteiger partial charge in [-0.25, -0.2) is 4.98 Å². The van der Waals surface area contributed by atoms with Gasteiger partial charge in [0.15, 0.2) is 0 Å². The summed E-state index contributed by atoms with van der Waals surface area (Å²) in [6.07, 6.45) is 1.28. The lowest BCUT2D eigenvalue weighted by Crippen LogP contribution is -2.12. The van der Waals surface area contributed by atoms with E-state index in [1.54, 1.807) is 24.3 Å². The van der Waals surface area contributed by atoms with Crippen LogP contribution in [0.25, 0.3) is 11.3 Å². The smallest absolute Gasteiger partial charge is 0.269 e. The third-order valence-corrected chi connectivity index (χ3v) is 3.05. The van der Waals surface area contributed by atoms with Gasteiger partial charge in [0, 0.05) is 5.56 Å². The minimum atomic E-state index is -0.457.